The fourth-order valence-corrected chi connectivity index (χ4v) is 4.23. The average Bonchev–Trinajstić information content (AvgIpc) is 2.88. The van der Waals surface area contributed by atoms with E-state index in [-0.39, 0.29) is 0 Å². The third-order valence-corrected chi connectivity index (χ3v) is 6.10. The van der Waals surface area contributed by atoms with E-state index in [4.69, 9.17) is 23.2 Å². The smallest absolute Gasteiger partial charge is 0.299 e. The minimum Gasteiger partial charge on any atom is -0.299 e. The first kappa shape index (κ1) is 24.3. The van der Waals surface area contributed by atoms with Crippen molar-refractivity contribution in [2.75, 3.05) is 11.9 Å². The first-order chi connectivity index (χ1) is 13.4. The Hall–Kier alpha value is -1.99. The molecule has 2 aromatic rings. The Kier molecular flexibility index (Phi) is 6.16. The summed E-state index contributed by atoms with van der Waals surface area (Å²) in [6.07, 6.45) is -4.84. The van der Waals surface area contributed by atoms with Crippen LogP contribution in [0, 0.1) is 6.92 Å². The number of rotatable bonds is 3. The zero-order valence-electron chi connectivity index (χ0n) is 15.2. The molecule has 1 aromatic carbocycles. The maximum Gasteiger partial charge on any atom is 0.502 e. The molecule has 1 aromatic heterocycles. The molecule has 0 bridgehead atoms. The van der Waals surface area contributed by atoms with Gasteiger partial charge in [-0.1, -0.05) is 23.2 Å². The Morgan fingerprint density at radius 2 is 1.57 bits per heavy atom. The van der Waals surface area contributed by atoms with Crippen molar-refractivity contribution < 1.29 is 39.6 Å². The van der Waals surface area contributed by atoms with Crippen LogP contribution >= 0.6 is 23.2 Å². The molecule has 0 fully saturated rings. The van der Waals surface area contributed by atoms with Crippen LogP contribution in [0.5, 0.6) is 0 Å². The van der Waals surface area contributed by atoms with Gasteiger partial charge in [-0.3, -0.25) is 9.69 Å². The highest BCUT2D eigenvalue weighted by Gasteiger charge is 2.51. The molecule has 0 saturated heterocycles. The minimum atomic E-state index is -6.00. The number of carbonyl (C=O) groups excluding carboxylic acids is 1. The number of aryl methyl sites for hydroxylation is 1. The molecule has 30 heavy (non-hydrogen) atoms. The Balaban J connectivity index is 2.97. The standard InChI is InChI=1S/C15H11Cl2F6N3O3S/c1-6-12(30(28,29)15(21,22)23)13(25(3)7(2)27)26(24-6)11-9(16)4-8(5-10(11)17)14(18,19)20/h4-5H,1-3H3. The zero-order valence-corrected chi connectivity index (χ0v) is 17.5. The summed E-state index contributed by atoms with van der Waals surface area (Å²) in [5, 5.41) is 2.29. The van der Waals surface area contributed by atoms with Crippen LogP contribution in [0.1, 0.15) is 18.2 Å². The van der Waals surface area contributed by atoms with Crippen molar-refractivity contribution in [2.45, 2.75) is 30.4 Å². The van der Waals surface area contributed by atoms with Crippen LogP contribution in [0.15, 0.2) is 17.0 Å². The van der Waals surface area contributed by atoms with Gasteiger partial charge in [0.2, 0.25) is 5.91 Å². The number of halogens is 8. The van der Waals surface area contributed by atoms with Crippen LogP contribution in [0.25, 0.3) is 5.69 Å². The van der Waals surface area contributed by atoms with Gasteiger partial charge < -0.3 is 0 Å². The van der Waals surface area contributed by atoms with Crippen molar-refractivity contribution in [3.63, 3.8) is 0 Å². The average molecular weight is 498 g/mol. The van der Waals surface area contributed by atoms with Crippen LogP contribution < -0.4 is 4.90 Å². The van der Waals surface area contributed by atoms with Gasteiger partial charge in [-0.25, -0.2) is 13.1 Å². The summed E-state index contributed by atoms with van der Waals surface area (Å²) in [5.41, 5.74) is -8.22. The summed E-state index contributed by atoms with van der Waals surface area (Å²) < 4.78 is 103. The molecule has 0 aliphatic heterocycles. The molecule has 0 unspecified atom stereocenters. The number of sulfone groups is 1. The zero-order chi connectivity index (χ0) is 23.4. The fourth-order valence-electron chi connectivity index (χ4n) is 2.46. The number of alkyl halides is 6. The molecule has 0 radical (unpaired) electrons. The second-order valence-corrected chi connectivity index (χ2v) is 8.66. The molecule has 1 heterocycles. The van der Waals surface area contributed by atoms with Gasteiger partial charge in [-0.2, -0.15) is 31.4 Å². The lowest BCUT2D eigenvalue weighted by Crippen LogP contribution is -2.30. The first-order valence-corrected chi connectivity index (χ1v) is 9.87. The van der Waals surface area contributed by atoms with Crippen LogP contribution in [0.3, 0.4) is 0 Å². The first-order valence-electron chi connectivity index (χ1n) is 7.63. The van der Waals surface area contributed by atoms with Gasteiger partial charge >= 0.3 is 11.7 Å². The second-order valence-electron chi connectivity index (χ2n) is 5.96. The summed E-state index contributed by atoms with van der Waals surface area (Å²) in [6, 6.07) is 0.879. The van der Waals surface area contributed by atoms with E-state index >= 15 is 0 Å². The number of nitrogens with zero attached hydrogens (tertiary/aromatic N) is 3. The highest BCUT2D eigenvalue weighted by Crippen LogP contribution is 2.43. The molecule has 6 nitrogen and oxygen atoms in total. The second kappa shape index (κ2) is 7.61. The van der Waals surface area contributed by atoms with Crippen molar-refractivity contribution in [1.82, 2.24) is 9.78 Å². The van der Waals surface area contributed by atoms with E-state index in [1.54, 1.807) is 0 Å². The molecule has 15 heteroatoms. The Morgan fingerprint density at radius 1 is 1.10 bits per heavy atom. The highest BCUT2D eigenvalue weighted by atomic mass is 35.5. The number of benzene rings is 1. The third-order valence-electron chi connectivity index (χ3n) is 3.90. The van der Waals surface area contributed by atoms with Gasteiger partial charge in [0.15, 0.2) is 5.82 Å². The van der Waals surface area contributed by atoms with Gasteiger partial charge in [0, 0.05) is 14.0 Å². The normalized spacial score (nSPS) is 12.9. The van der Waals surface area contributed by atoms with Crippen molar-refractivity contribution in [3.05, 3.63) is 33.4 Å². The molecular weight excluding hydrogens is 487 g/mol. The largest absolute Gasteiger partial charge is 0.502 e. The molecule has 166 valence electrons. The number of hydrogen-bond acceptors (Lipinski definition) is 4. The highest BCUT2D eigenvalue weighted by molar-refractivity contribution is 7.92. The summed E-state index contributed by atoms with van der Waals surface area (Å²) in [4.78, 5) is 11.0. The van der Waals surface area contributed by atoms with Crippen LogP contribution in [-0.4, -0.2) is 36.7 Å². The lowest BCUT2D eigenvalue weighted by atomic mass is 10.2. The molecule has 0 N–H and O–H groups in total. The fraction of sp³-hybridized carbons (Fsp3) is 0.333. The van der Waals surface area contributed by atoms with Gasteiger partial charge in [-0.15, -0.1) is 0 Å². The third kappa shape index (κ3) is 4.10. The summed E-state index contributed by atoms with van der Waals surface area (Å²) in [5.74, 6) is -1.78. The molecule has 0 saturated carbocycles. The molecule has 0 atom stereocenters. The molecule has 0 aliphatic rings. The lowest BCUT2D eigenvalue weighted by Gasteiger charge is -2.21. The van der Waals surface area contributed by atoms with Crippen LogP contribution in [0.2, 0.25) is 10.0 Å². The minimum absolute atomic E-state index is 0.440. The number of anilines is 1. The number of hydrogen-bond donors (Lipinski definition) is 0. The van der Waals surface area contributed by atoms with Crippen molar-refractivity contribution in [3.8, 4) is 5.69 Å². The van der Waals surface area contributed by atoms with Crippen LogP contribution in [-0.2, 0) is 20.8 Å². The van der Waals surface area contributed by atoms with E-state index in [0.717, 1.165) is 20.9 Å². The van der Waals surface area contributed by atoms with Gasteiger partial charge in [-0.05, 0) is 19.1 Å². The van der Waals surface area contributed by atoms with E-state index in [1.165, 1.54) is 0 Å². The summed E-state index contributed by atoms with van der Waals surface area (Å²) >= 11 is 11.8. The topological polar surface area (TPSA) is 72.3 Å². The Labute approximate surface area is 175 Å². The molecular formula is C15H11Cl2F6N3O3S. The Bertz CT molecular complexity index is 1100. The van der Waals surface area contributed by atoms with Gasteiger partial charge in [0.1, 0.15) is 10.6 Å². The monoisotopic (exact) mass is 497 g/mol. The molecule has 2 rings (SSSR count). The lowest BCUT2D eigenvalue weighted by molar-refractivity contribution is -0.137. The van der Waals surface area contributed by atoms with E-state index < -0.39 is 65.1 Å². The molecule has 0 spiro atoms. The van der Waals surface area contributed by atoms with Crippen molar-refractivity contribution in [1.29, 1.82) is 0 Å². The van der Waals surface area contributed by atoms with Gasteiger partial charge in [0.05, 0.1) is 21.3 Å². The number of amides is 1. The van der Waals surface area contributed by atoms with E-state index in [1.807, 2.05) is 0 Å². The quantitative estimate of drug-likeness (QED) is 0.572. The molecule has 0 aliphatic carbocycles. The summed E-state index contributed by atoms with van der Waals surface area (Å²) in [6.45, 7) is 1.84. The summed E-state index contributed by atoms with van der Waals surface area (Å²) in [7, 11) is -5.05. The molecule has 1 amide bonds. The maximum absolute atomic E-state index is 13.2. The van der Waals surface area contributed by atoms with Crippen molar-refractivity contribution in [2.24, 2.45) is 0 Å². The number of carbonyl (C=O) groups is 1. The van der Waals surface area contributed by atoms with E-state index in [9.17, 15) is 39.6 Å². The van der Waals surface area contributed by atoms with Crippen molar-refractivity contribution >= 4 is 44.8 Å². The SMILES string of the molecule is CC(=O)N(C)c1c(S(=O)(=O)C(F)(F)F)c(C)nn1-c1c(Cl)cc(C(F)(F)F)cc1Cl. The van der Waals surface area contributed by atoms with E-state index in [0.29, 0.717) is 21.7 Å². The Morgan fingerprint density at radius 3 is 1.93 bits per heavy atom. The van der Waals surface area contributed by atoms with Crippen LogP contribution in [0.4, 0.5) is 32.2 Å². The van der Waals surface area contributed by atoms with Gasteiger partial charge in [0.25, 0.3) is 9.84 Å². The number of aromatic nitrogens is 2. The maximum atomic E-state index is 13.2. The predicted molar refractivity (Wildman–Crippen MR) is 95.6 cm³/mol. The predicted octanol–water partition coefficient (Wildman–Crippen LogP) is 4.78. The van der Waals surface area contributed by atoms with E-state index in [2.05, 4.69) is 5.10 Å².